The molecule has 0 aromatic carbocycles. The maximum absolute atomic E-state index is 10.8. The van der Waals surface area contributed by atoms with Crippen LogP contribution in [-0.2, 0) is 4.79 Å². The third-order valence-corrected chi connectivity index (χ3v) is 0.991. The zero-order valence-corrected chi connectivity index (χ0v) is 6.72. The van der Waals surface area contributed by atoms with Crippen LogP contribution in [0.5, 0.6) is 0 Å². The van der Waals surface area contributed by atoms with Crippen LogP contribution in [0, 0.1) is 12.3 Å². The van der Waals surface area contributed by atoms with Gasteiger partial charge in [-0.05, 0) is 12.3 Å². The molecule has 0 aliphatic carbocycles. The molecule has 0 fully saturated rings. The molecule has 0 aromatic heterocycles. The van der Waals surface area contributed by atoms with Gasteiger partial charge in [0.1, 0.15) is 0 Å². The van der Waals surface area contributed by atoms with Gasteiger partial charge in [-0.15, -0.1) is 0 Å². The summed E-state index contributed by atoms with van der Waals surface area (Å²) in [5.74, 6) is -0.306. The number of amides is 1. The summed E-state index contributed by atoms with van der Waals surface area (Å²) in [5, 5.41) is 9.23. The van der Waals surface area contributed by atoms with Crippen LogP contribution in [0.25, 0.3) is 0 Å². The Morgan fingerprint density at radius 1 is 1.70 bits per heavy atom. The minimum absolute atomic E-state index is 0.264. The average molecular weight is 144 g/mol. The molecular weight excluding hydrogens is 130 g/mol. The number of carbonyl (C=O) groups is 1. The van der Waals surface area contributed by atoms with E-state index in [1.807, 2.05) is 13.8 Å². The van der Waals surface area contributed by atoms with E-state index in [0.717, 1.165) is 0 Å². The van der Waals surface area contributed by atoms with Crippen molar-refractivity contribution in [2.45, 2.75) is 20.3 Å². The molecule has 0 atom stereocenters. The Kier molecular flexibility index (Phi) is 2.84. The van der Waals surface area contributed by atoms with E-state index in [9.17, 15) is 4.79 Å². The van der Waals surface area contributed by atoms with Crippen LogP contribution in [0.1, 0.15) is 20.3 Å². The predicted molar refractivity (Wildman–Crippen MR) is 38.3 cm³/mol. The molecule has 0 aliphatic heterocycles. The Hall–Kier alpha value is -0.570. The number of rotatable bonds is 2. The second kappa shape index (κ2) is 3.01. The van der Waals surface area contributed by atoms with Crippen LogP contribution in [0.4, 0.5) is 0 Å². The van der Waals surface area contributed by atoms with Gasteiger partial charge in [-0.1, -0.05) is 13.8 Å². The number of hydrogen-bond donors (Lipinski definition) is 1. The first-order chi connectivity index (χ1) is 4.33. The fourth-order valence-electron chi connectivity index (χ4n) is 0.524. The van der Waals surface area contributed by atoms with Crippen molar-refractivity contribution in [3.05, 3.63) is 6.92 Å². The SMILES string of the molecule is [CH2]C(C)(C)CC(=O)N(C)O. The third kappa shape index (κ3) is 4.32. The normalized spacial score (nSPS) is 11.3. The first-order valence-electron chi connectivity index (χ1n) is 3.14. The highest BCUT2D eigenvalue weighted by molar-refractivity contribution is 5.75. The van der Waals surface area contributed by atoms with Gasteiger partial charge in [-0.25, -0.2) is 5.06 Å². The Morgan fingerprint density at radius 2 is 2.10 bits per heavy atom. The fraction of sp³-hybridized carbons (Fsp3) is 0.714. The molecule has 0 saturated carbocycles. The lowest BCUT2D eigenvalue weighted by Gasteiger charge is -2.18. The standard InChI is InChI=1S/C7H14NO2/c1-7(2,3)5-6(9)8(4)10/h10H,1,5H2,2-4H3. The lowest BCUT2D eigenvalue weighted by Crippen LogP contribution is -2.26. The molecular formula is C7H14NO2. The maximum Gasteiger partial charge on any atom is 0.246 e. The van der Waals surface area contributed by atoms with Crippen molar-refractivity contribution in [3.8, 4) is 0 Å². The van der Waals surface area contributed by atoms with Crippen molar-refractivity contribution in [1.82, 2.24) is 5.06 Å². The first-order valence-corrected chi connectivity index (χ1v) is 3.14. The largest absolute Gasteiger partial charge is 0.286 e. The summed E-state index contributed by atoms with van der Waals surface area (Å²) in [4.78, 5) is 10.8. The highest BCUT2D eigenvalue weighted by Gasteiger charge is 2.17. The van der Waals surface area contributed by atoms with Crippen molar-refractivity contribution in [1.29, 1.82) is 0 Å². The lowest BCUT2D eigenvalue weighted by molar-refractivity contribution is -0.160. The Balaban J connectivity index is 3.81. The molecule has 0 heterocycles. The molecule has 0 aromatic rings. The quantitative estimate of drug-likeness (QED) is 0.465. The van der Waals surface area contributed by atoms with Crippen LogP contribution in [0.15, 0.2) is 0 Å². The lowest BCUT2D eigenvalue weighted by atomic mass is 9.92. The molecule has 1 N–H and O–H groups in total. The summed E-state index contributed by atoms with van der Waals surface area (Å²) < 4.78 is 0. The topological polar surface area (TPSA) is 40.5 Å². The molecule has 0 spiro atoms. The Bertz CT molecular complexity index is 124. The number of hydroxylamine groups is 2. The highest BCUT2D eigenvalue weighted by Crippen LogP contribution is 2.18. The molecule has 59 valence electrons. The van der Waals surface area contributed by atoms with Gasteiger partial charge in [0, 0.05) is 13.5 Å². The van der Waals surface area contributed by atoms with Gasteiger partial charge in [0.25, 0.3) is 0 Å². The summed E-state index contributed by atoms with van der Waals surface area (Å²) in [6.07, 6.45) is 0.264. The summed E-state index contributed by atoms with van der Waals surface area (Å²) in [6.45, 7) is 7.42. The maximum atomic E-state index is 10.8. The van der Waals surface area contributed by atoms with Gasteiger partial charge >= 0.3 is 0 Å². The zero-order valence-electron chi connectivity index (χ0n) is 6.72. The van der Waals surface area contributed by atoms with Crippen molar-refractivity contribution in [2.75, 3.05) is 7.05 Å². The molecule has 10 heavy (non-hydrogen) atoms. The summed E-state index contributed by atoms with van der Waals surface area (Å²) in [7, 11) is 1.31. The zero-order chi connectivity index (χ0) is 8.36. The number of carbonyl (C=O) groups excluding carboxylic acids is 1. The molecule has 0 bridgehead atoms. The predicted octanol–water partition coefficient (Wildman–Crippen LogP) is 1.08. The molecule has 0 unspecified atom stereocenters. The smallest absolute Gasteiger partial charge is 0.246 e. The van der Waals surface area contributed by atoms with Crippen molar-refractivity contribution < 1.29 is 10.0 Å². The monoisotopic (exact) mass is 144 g/mol. The van der Waals surface area contributed by atoms with Crippen molar-refractivity contribution in [3.63, 3.8) is 0 Å². The van der Waals surface area contributed by atoms with Gasteiger partial charge < -0.3 is 0 Å². The van der Waals surface area contributed by atoms with Crippen LogP contribution in [-0.4, -0.2) is 23.2 Å². The van der Waals surface area contributed by atoms with Gasteiger partial charge in [0.05, 0.1) is 0 Å². The molecule has 0 rings (SSSR count). The number of nitrogens with zero attached hydrogens (tertiary/aromatic N) is 1. The van der Waals surface area contributed by atoms with E-state index < -0.39 is 0 Å². The second-order valence-electron chi connectivity index (χ2n) is 3.26. The van der Waals surface area contributed by atoms with E-state index in [1.165, 1.54) is 7.05 Å². The van der Waals surface area contributed by atoms with Crippen molar-refractivity contribution in [2.24, 2.45) is 5.41 Å². The Labute approximate surface area is 61.6 Å². The van der Waals surface area contributed by atoms with Crippen LogP contribution >= 0.6 is 0 Å². The molecule has 3 nitrogen and oxygen atoms in total. The van der Waals surface area contributed by atoms with Crippen LogP contribution < -0.4 is 0 Å². The molecule has 0 saturated heterocycles. The first kappa shape index (κ1) is 9.43. The van der Waals surface area contributed by atoms with E-state index >= 15 is 0 Å². The number of hydrogen-bond acceptors (Lipinski definition) is 2. The van der Waals surface area contributed by atoms with E-state index in [4.69, 9.17) is 5.21 Å². The van der Waals surface area contributed by atoms with Gasteiger partial charge in [-0.2, -0.15) is 0 Å². The average Bonchev–Trinajstić information content (AvgIpc) is 1.60. The van der Waals surface area contributed by atoms with Crippen LogP contribution in [0.3, 0.4) is 0 Å². The third-order valence-electron chi connectivity index (χ3n) is 0.991. The van der Waals surface area contributed by atoms with E-state index in [1.54, 1.807) is 0 Å². The Morgan fingerprint density at radius 3 is 2.20 bits per heavy atom. The fourth-order valence-corrected chi connectivity index (χ4v) is 0.524. The molecule has 1 radical (unpaired) electrons. The highest BCUT2D eigenvalue weighted by atomic mass is 16.5. The van der Waals surface area contributed by atoms with Gasteiger partial charge in [0.2, 0.25) is 5.91 Å². The minimum Gasteiger partial charge on any atom is -0.286 e. The molecule has 0 aliphatic rings. The molecule has 1 amide bonds. The summed E-state index contributed by atoms with van der Waals surface area (Å²) in [6, 6.07) is 0. The van der Waals surface area contributed by atoms with Crippen molar-refractivity contribution >= 4 is 5.91 Å². The van der Waals surface area contributed by atoms with Gasteiger partial charge in [-0.3, -0.25) is 10.0 Å². The van der Waals surface area contributed by atoms with Gasteiger partial charge in [0.15, 0.2) is 0 Å². The van der Waals surface area contributed by atoms with Crippen LogP contribution in [0.2, 0.25) is 0 Å². The van der Waals surface area contributed by atoms with E-state index in [-0.39, 0.29) is 17.7 Å². The summed E-state index contributed by atoms with van der Waals surface area (Å²) in [5.41, 5.74) is -0.298. The van der Waals surface area contributed by atoms with E-state index in [2.05, 4.69) is 6.92 Å². The minimum atomic E-state index is -0.306. The summed E-state index contributed by atoms with van der Waals surface area (Å²) >= 11 is 0. The molecule has 3 heteroatoms. The second-order valence-corrected chi connectivity index (χ2v) is 3.26. The van der Waals surface area contributed by atoms with E-state index in [0.29, 0.717) is 5.06 Å².